The molecule has 0 bridgehead atoms. The van der Waals surface area contributed by atoms with Gasteiger partial charge in [0.15, 0.2) is 0 Å². The van der Waals surface area contributed by atoms with Gasteiger partial charge in [0, 0.05) is 29.4 Å². The van der Waals surface area contributed by atoms with Gasteiger partial charge in [0.1, 0.15) is 0 Å². The van der Waals surface area contributed by atoms with Gasteiger partial charge in [-0.2, -0.15) is 11.8 Å². The largest absolute Gasteiger partial charge is 0.309 e. The van der Waals surface area contributed by atoms with Crippen LogP contribution in [0.1, 0.15) is 30.6 Å². The minimum Gasteiger partial charge on any atom is -0.309 e. The Balaban J connectivity index is 1.53. The average molecular weight is 347 g/mol. The first-order chi connectivity index (χ1) is 10.1. The van der Waals surface area contributed by atoms with Gasteiger partial charge in [0.25, 0.3) is 0 Å². The highest BCUT2D eigenvalue weighted by atomic mass is 32.2. The molecule has 1 saturated carbocycles. The molecule has 1 aliphatic carbocycles. The van der Waals surface area contributed by atoms with Gasteiger partial charge in [-0.1, -0.05) is 0 Å². The van der Waals surface area contributed by atoms with Gasteiger partial charge in [-0.05, 0) is 49.2 Å². The topological polar surface area (TPSA) is 58.2 Å². The summed E-state index contributed by atoms with van der Waals surface area (Å²) in [5, 5.41) is 5.17. The third kappa shape index (κ3) is 4.69. The summed E-state index contributed by atoms with van der Waals surface area (Å²) in [4.78, 5) is 1.52. The molecule has 2 aliphatic rings. The fraction of sp³-hybridized carbons (Fsp3) is 0.714. The zero-order chi connectivity index (χ0) is 14.7. The molecule has 0 atom stereocenters. The van der Waals surface area contributed by atoms with Crippen LogP contribution in [-0.2, 0) is 16.6 Å². The van der Waals surface area contributed by atoms with Gasteiger partial charge in [0.05, 0.1) is 4.90 Å². The first-order valence-electron chi connectivity index (χ1n) is 7.52. The van der Waals surface area contributed by atoms with E-state index in [2.05, 4.69) is 10.0 Å². The van der Waals surface area contributed by atoms with Crippen molar-refractivity contribution < 1.29 is 8.42 Å². The first kappa shape index (κ1) is 15.8. The van der Waals surface area contributed by atoms with Crippen LogP contribution in [0.15, 0.2) is 16.3 Å². The van der Waals surface area contributed by atoms with Gasteiger partial charge >= 0.3 is 0 Å². The van der Waals surface area contributed by atoms with Crippen LogP contribution in [-0.4, -0.2) is 32.5 Å². The maximum Gasteiger partial charge on any atom is 0.241 e. The van der Waals surface area contributed by atoms with Crippen molar-refractivity contribution >= 4 is 33.1 Å². The van der Waals surface area contributed by atoms with Crippen molar-refractivity contribution in [3.05, 3.63) is 16.3 Å². The molecule has 0 unspecified atom stereocenters. The number of thioether (sulfide) groups is 1. The Bertz CT molecular complexity index is 561. The highest BCUT2D eigenvalue weighted by Crippen LogP contribution is 2.24. The van der Waals surface area contributed by atoms with E-state index in [1.165, 1.54) is 24.2 Å². The SMILES string of the molecule is O=S(=O)(NCC1CCSCC1)c1csc(CNC2CC2)c1. The van der Waals surface area contributed by atoms with Crippen LogP contribution in [0.4, 0.5) is 0 Å². The summed E-state index contributed by atoms with van der Waals surface area (Å²) in [7, 11) is -3.34. The van der Waals surface area contributed by atoms with Crippen LogP contribution < -0.4 is 10.0 Å². The van der Waals surface area contributed by atoms with E-state index in [9.17, 15) is 8.42 Å². The van der Waals surface area contributed by atoms with Gasteiger partial charge in [0.2, 0.25) is 10.0 Å². The molecular formula is C14H22N2O2S3. The Morgan fingerprint density at radius 2 is 1.95 bits per heavy atom. The van der Waals surface area contributed by atoms with Crippen LogP contribution in [0, 0.1) is 5.92 Å². The van der Waals surface area contributed by atoms with Crippen LogP contribution in [0.5, 0.6) is 0 Å². The lowest BCUT2D eigenvalue weighted by molar-refractivity contribution is 0.477. The molecule has 7 heteroatoms. The minimum atomic E-state index is -3.34. The van der Waals surface area contributed by atoms with Gasteiger partial charge in [-0.25, -0.2) is 13.1 Å². The molecular weight excluding hydrogens is 324 g/mol. The molecule has 1 aromatic rings. The van der Waals surface area contributed by atoms with Gasteiger partial charge < -0.3 is 5.32 Å². The lowest BCUT2D eigenvalue weighted by atomic mass is 10.0. The van der Waals surface area contributed by atoms with Crippen LogP contribution in [0.25, 0.3) is 0 Å². The van der Waals surface area contributed by atoms with E-state index in [0.717, 1.165) is 35.8 Å². The second-order valence-electron chi connectivity index (χ2n) is 5.81. The molecule has 1 aliphatic heterocycles. The number of sulfonamides is 1. The summed E-state index contributed by atoms with van der Waals surface area (Å²) in [6.07, 6.45) is 4.73. The third-order valence-electron chi connectivity index (χ3n) is 3.99. The Kier molecular flexibility index (Phi) is 5.27. The molecule has 0 aromatic carbocycles. The third-order valence-corrected chi connectivity index (χ3v) is 7.52. The molecule has 2 N–H and O–H groups in total. The highest BCUT2D eigenvalue weighted by molar-refractivity contribution is 7.99. The predicted molar refractivity (Wildman–Crippen MR) is 89.4 cm³/mol. The molecule has 118 valence electrons. The molecule has 1 saturated heterocycles. The minimum absolute atomic E-state index is 0.422. The lowest BCUT2D eigenvalue weighted by Gasteiger charge is -2.21. The molecule has 2 fully saturated rings. The van der Waals surface area contributed by atoms with Crippen LogP contribution >= 0.6 is 23.1 Å². The smallest absolute Gasteiger partial charge is 0.241 e. The van der Waals surface area contributed by atoms with E-state index in [0.29, 0.717) is 23.4 Å². The second-order valence-corrected chi connectivity index (χ2v) is 9.80. The van der Waals surface area contributed by atoms with Crippen LogP contribution in [0.3, 0.4) is 0 Å². The summed E-state index contributed by atoms with van der Waals surface area (Å²) in [5.74, 6) is 2.81. The summed E-state index contributed by atoms with van der Waals surface area (Å²) >= 11 is 3.48. The molecule has 0 spiro atoms. The molecule has 0 amide bonds. The zero-order valence-electron chi connectivity index (χ0n) is 12.0. The molecule has 2 heterocycles. The Morgan fingerprint density at radius 3 is 2.67 bits per heavy atom. The second kappa shape index (κ2) is 7.00. The zero-order valence-corrected chi connectivity index (χ0v) is 14.5. The number of rotatable bonds is 7. The van der Waals surface area contributed by atoms with E-state index in [1.54, 1.807) is 11.4 Å². The van der Waals surface area contributed by atoms with Crippen molar-refractivity contribution in [3.8, 4) is 0 Å². The Hall–Kier alpha value is -0.0800. The number of nitrogens with one attached hydrogen (secondary N) is 2. The standard InChI is InChI=1S/C14H22N2O2S3/c17-21(18,16-8-11-3-5-19-6-4-11)14-7-13(20-10-14)9-15-12-1-2-12/h7,10-12,15-16H,1-6,8-9H2. The van der Waals surface area contributed by atoms with E-state index >= 15 is 0 Å². The normalized spacial score (nSPS) is 20.8. The summed E-state index contributed by atoms with van der Waals surface area (Å²) in [6.45, 7) is 1.36. The fourth-order valence-electron chi connectivity index (χ4n) is 2.39. The van der Waals surface area contributed by atoms with Gasteiger partial charge in [-0.15, -0.1) is 11.3 Å². The first-order valence-corrected chi connectivity index (χ1v) is 11.0. The van der Waals surface area contributed by atoms with Crippen molar-refractivity contribution in [2.24, 2.45) is 5.92 Å². The van der Waals surface area contributed by atoms with Crippen molar-refractivity contribution in [2.45, 2.75) is 43.2 Å². The molecule has 1 aromatic heterocycles. The number of hydrogen-bond donors (Lipinski definition) is 2. The van der Waals surface area contributed by atoms with E-state index in [-0.39, 0.29) is 0 Å². The number of thiophene rings is 1. The Labute approximate surface area is 135 Å². The molecule has 21 heavy (non-hydrogen) atoms. The quantitative estimate of drug-likeness (QED) is 0.796. The van der Waals surface area contributed by atoms with Crippen molar-refractivity contribution in [3.63, 3.8) is 0 Å². The Morgan fingerprint density at radius 1 is 1.19 bits per heavy atom. The van der Waals surface area contributed by atoms with Crippen LogP contribution in [0.2, 0.25) is 0 Å². The monoisotopic (exact) mass is 346 g/mol. The summed E-state index contributed by atoms with van der Waals surface area (Å²) in [6, 6.07) is 2.45. The fourth-order valence-corrected chi connectivity index (χ4v) is 5.93. The van der Waals surface area contributed by atoms with Crippen molar-refractivity contribution in [1.29, 1.82) is 0 Å². The van der Waals surface area contributed by atoms with Crippen molar-refractivity contribution in [1.82, 2.24) is 10.0 Å². The average Bonchev–Trinajstić information content (AvgIpc) is 3.20. The van der Waals surface area contributed by atoms with E-state index < -0.39 is 10.0 Å². The lowest BCUT2D eigenvalue weighted by Crippen LogP contribution is -2.30. The maximum absolute atomic E-state index is 12.3. The highest BCUT2D eigenvalue weighted by Gasteiger charge is 2.22. The van der Waals surface area contributed by atoms with Crippen molar-refractivity contribution in [2.75, 3.05) is 18.1 Å². The van der Waals surface area contributed by atoms with E-state index in [4.69, 9.17) is 0 Å². The molecule has 3 rings (SSSR count). The summed E-state index contributed by atoms with van der Waals surface area (Å²) < 4.78 is 27.4. The molecule has 4 nitrogen and oxygen atoms in total. The van der Waals surface area contributed by atoms with E-state index in [1.807, 2.05) is 11.8 Å². The maximum atomic E-state index is 12.3. The van der Waals surface area contributed by atoms with Gasteiger partial charge in [-0.3, -0.25) is 0 Å². The molecule has 0 radical (unpaired) electrons. The predicted octanol–water partition coefficient (Wildman–Crippen LogP) is 2.42. The summed E-state index contributed by atoms with van der Waals surface area (Å²) in [5.41, 5.74) is 0. The number of hydrogen-bond acceptors (Lipinski definition) is 5.